The summed E-state index contributed by atoms with van der Waals surface area (Å²) in [6.07, 6.45) is 8.42. The van der Waals surface area contributed by atoms with Crippen molar-refractivity contribution in [2.24, 2.45) is 35.0 Å². The molecule has 1 aromatic carbocycles. The van der Waals surface area contributed by atoms with E-state index < -0.39 is 5.41 Å². The summed E-state index contributed by atoms with van der Waals surface area (Å²) in [6, 6.07) is 8.76. The minimum atomic E-state index is -0.407. The molecule has 0 aliphatic heterocycles. The maximum Gasteiger partial charge on any atom is 0.312 e. The van der Waals surface area contributed by atoms with Crippen molar-refractivity contribution in [3.05, 3.63) is 35.4 Å². The predicted molar refractivity (Wildman–Crippen MR) is 112 cm³/mol. The quantitative estimate of drug-likeness (QED) is 0.587. The van der Waals surface area contributed by atoms with Gasteiger partial charge in [-0.25, -0.2) is 0 Å². The lowest BCUT2D eigenvalue weighted by atomic mass is 9.50. The Labute approximate surface area is 170 Å². The molecule has 6 rings (SSSR count). The van der Waals surface area contributed by atoms with Crippen LogP contribution in [0.1, 0.15) is 83.3 Å². The molecule has 28 heavy (non-hydrogen) atoms. The van der Waals surface area contributed by atoms with Crippen LogP contribution in [0.3, 0.4) is 0 Å². The highest BCUT2D eigenvalue weighted by atomic mass is 16.6. The molecule has 0 spiro atoms. The van der Waals surface area contributed by atoms with E-state index >= 15 is 0 Å². The van der Waals surface area contributed by atoms with Gasteiger partial charge in [0.25, 0.3) is 0 Å². The Morgan fingerprint density at radius 2 is 1.71 bits per heavy atom. The molecule has 0 radical (unpaired) electrons. The van der Waals surface area contributed by atoms with E-state index in [1.54, 1.807) is 0 Å². The number of fused-ring (bicyclic) bond motifs is 1. The third kappa shape index (κ3) is 2.55. The van der Waals surface area contributed by atoms with Crippen molar-refractivity contribution in [1.82, 2.24) is 0 Å². The largest absolute Gasteiger partial charge is 0.458 e. The Kier molecular flexibility index (Phi) is 4.24. The van der Waals surface area contributed by atoms with Gasteiger partial charge in [-0.1, -0.05) is 38.1 Å². The average Bonchev–Trinajstić information content (AvgIpc) is 3.02. The van der Waals surface area contributed by atoms with Crippen molar-refractivity contribution < 1.29 is 9.53 Å². The first-order valence-electron chi connectivity index (χ1n) is 11.7. The third-order valence-electron chi connectivity index (χ3n) is 9.68. The van der Waals surface area contributed by atoms with Gasteiger partial charge in [-0.2, -0.15) is 0 Å². The minimum Gasteiger partial charge on any atom is -0.458 e. The summed E-state index contributed by atoms with van der Waals surface area (Å²) < 4.78 is 6.59. The summed E-state index contributed by atoms with van der Waals surface area (Å²) in [5.74, 6) is 3.81. The van der Waals surface area contributed by atoms with E-state index in [1.165, 1.54) is 43.2 Å². The number of ether oxygens (including phenoxy) is 1. The van der Waals surface area contributed by atoms with E-state index in [9.17, 15) is 4.79 Å². The zero-order valence-electron chi connectivity index (χ0n) is 18.0. The standard InChI is InChI=1S/C26H36O2/c1-5-25(3,23-15-19-8-6-7-9-22(19)16(23)2)24(27)28-26(4)20-11-17-10-18(13-20)14-21(26)12-17/h6-9,16-18,20-21,23H,5,10-15H2,1-4H3. The number of rotatable bonds is 4. The molecule has 1 aromatic rings. The van der Waals surface area contributed by atoms with Crippen molar-refractivity contribution in [1.29, 1.82) is 0 Å². The molecular formula is C26H36O2. The van der Waals surface area contributed by atoms with Gasteiger partial charge in [0, 0.05) is 0 Å². The maximum absolute atomic E-state index is 13.8. The molecule has 0 N–H and O–H groups in total. The van der Waals surface area contributed by atoms with Crippen LogP contribution in [0.5, 0.6) is 0 Å². The van der Waals surface area contributed by atoms with E-state index in [4.69, 9.17) is 4.74 Å². The van der Waals surface area contributed by atoms with Gasteiger partial charge in [0.1, 0.15) is 5.60 Å². The lowest BCUT2D eigenvalue weighted by Crippen LogP contribution is -2.59. The van der Waals surface area contributed by atoms with Crippen molar-refractivity contribution in [2.45, 2.75) is 84.2 Å². The first-order valence-corrected chi connectivity index (χ1v) is 11.7. The Balaban J connectivity index is 1.39. The van der Waals surface area contributed by atoms with Gasteiger partial charge < -0.3 is 4.74 Å². The Bertz CT molecular complexity index is 752. The van der Waals surface area contributed by atoms with Crippen LogP contribution >= 0.6 is 0 Å². The summed E-state index contributed by atoms with van der Waals surface area (Å²) in [4.78, 5) is 13.8. The number of carbonyl (C=O) groups excluding carboxylic acids is 1. The normalized spacial score (nSPS) is 42.9. The number of esters is 1. The van der Waals surface area contributed by atoms with Crippen LogP contribution in [0.4, 0.5) is 0 Å². The van der Waals surface area contributed by atoms with Gasteiger partial charge in [-0.05, 0) is 105 Å². The fourth-order valence-electron chi connectivity index (χ4n) is 7.73. The second kappa shape index (κ2) is 6.34. The predicted octanol–water partition coefficient (Wildman–Crippen LogP) is 6.14. The molecule has 2 heteroatoms. The Morgan fingerprint density at radius 1 is 1.11 bits per heavy atom. The summed E-state index contributed by atoms with van der Waals surface area (Å²) in [6.45, 7) is 8.95. The first-order chi connectivity index (χ1) is 13.3. The van der Waals surface area contributed by atoms with Crippen molar-refractivity contribution in [2.75, 3.05) is 0 Å². The zero-order chi connectivity index (χ0) is 19.7. The number of hydrogen-bond donors (Lipinski definition) is 0. The Hall–Kier alpha value is -1.31. The van der Waals surface area contributed by atoms with E-state index in [-0.39, 0.29) is 11.6 Å². The lowest BCUT2D eigenvalue weighted by molar-refractivity contribution is -0.214. The Morgan fingerprint density at radius 3 is 2.29 bits per heavy atom. The fourth-order valence-corrected chi connectivity index (χ4v) is 7.73. The molecule has 4 saturated carbocycles. The van der Waals surface area contributed by atoms with Gasteiger partial charge in [-0.3, -0.25) is 4.79 Å². The molecule has 152 valence electrons. The summed E-state index contributed by atoms with van der Waals surface area (Å²) in [7, 11) is 0. The van der Waals surface area contributed by atoms with Gasteiger partial charge in [0.15, 0.2) is 0 Å². The molecule has 5 aliphatic carbocycles. The topological polar surface area (TPSA) is 26.3 Å². The fraction of sp³-hybridized carbons (Fsp3) is 0.731. The van der Waals surface area contributed by atoms with Gasteiger partial charge in [-0.15, -0.1) is 0 Å². The van der Waals surface area contributed by atoms with E-state index in [2.05, 4.69) is 52.0 Å². The van der Waals surface area contributed by atoms with Crippen LogP contribution < -0.4 is 0 Å². The molecule has 0 aromatic heterocycles. The van der Waals surface area contributed by atoms with Crippen LogP contribution in [-0.2, 0) is 16.0 Å². The lowest BCUT2D eigenvalue weighted by Gasteiger charge is -2.59. The van der Waals surface area contributed by atoms with Gasteiger partial charge >= 0.3 is 5.97 Å². The maximum atomic E-state index is 13.8. The van der Waals surface area contributed by atoms with Crippen molar-refractivity contribution >= 4 is 5.97 Å². The van der Waals surface area contributed by atoms with Crippen molar-refractivity contribution in [3.8, 4) is 0 Å². The number of carbonyl (C=O) groups is 1. The SMILES string of the molecule is CCC(C)(C(=O)OC1(C)C2CC3CC(C2)CC1C3)C1Cc2ccccc2C1C. The molecule has 5 aliphatic rings. The second-order valence-electron chi connectivity index (χ2n) is 10.9. The van der Waals surface area contributed by atoms with Gasteiger partial charge in [0.2, 0.25) is 0 Å². The van der Waals surface area contributed by atoms with Crippen molar-refractivity contribution in [3.63, 3.8) is 0 Å². The highest BCUT2D eigenvalue weighted by molar-refractivity contribution is 5.78. The highest BCUT2D eigenvalue weighted by Gasteiger charge is 2.58. The van der Waals surface area contributed by atoms with E-state index in [0.717, 1.165) is 24.7 Å². The summed E-state index contributed by atoms with van der Waals surface area (Å²) >= 11 is 0. The molecule has 3 unspecified atom stereocenters. The van der Waals surface area contributed by atoms with Crippen LogP contribution in [0.15, 0.2) is 24.3 Å². The number of hydrogen-bond acceptors (Lipinski definition) is 2. The second-order valence-corrected chi connectivity index (χ2v) is 10.9. The van der Waals surface area contributed by atoms with Crippen LogP contribution in [0, 0.1) is 35.0 Å². The third-order valence-corrected chi connectivity index (χ3v) is 9.68. The zero-order valence-corrected chi connectivity index (χ0v) is 18.0. The monoisotopic (exact) mass is 380 g/mol. The molecule has 3 atom stereocenters. The van der Waals surface area contributed by atoms with Crippen LogP contribution in [-0.4, -0.2) is 11.6 Å². The smallest absolute Gasteiger partial charge is 0.312 e. The minimum absolute atomic E-state index is 0.0784. The molecular weight excluding hydrogens is 344 g/mol. The first kappa shape index (κ1) is 18.7. The van der Waals surface area contributed by atoms with Gasteiger partial charge in [0.05, 0.1) is 5.41 Å². The summed E-state index contributed by atoms with van der Waals surface area (Å²) in [5.41, 5.74) is 2.22. The van der Waals surface area contributed by atoms with Crippen LogP contribution in [0.2, 0.25) is 0 Å². The highest BCUT2D eigenvalue weighted by Crippen LogP contribution is 2.60. The molecule has 4 bridgehead atoms. The molecule has 0 amide bonds. The average molecular weight is 381 g/mol. The molecule has 2 nitrogen and oxygen atoms in total. The molecule has 4 fully saturated rings. The van der Waals surface area contributed by atoms with Crippen LogP contribution in [0.25, 0.3) is 0 Å². The van der Waals surface area contributed by atoms with E-state index in [1.807, 2.05) is 0 Å². The molecule has 0 saturated heterocycles. The number of benzene rings is 1. The van der Waals surface area contributed by atoms with E-state index in [0.29, 0.717) is 23.7 Å². The summed E-state index contributed by atoms with van der Waals surface area (Å²) in [5, 5.41) is 0. The molecule has 0 heterocycles.